The van der Waals surface area contributed by atoms with E-state index < -0.39 is 0 Å². The standard InChI is InChI=1S/CHN.Au.ClH/c1-2;;/h1H;;1H/q;+1;/p-1. The first-order chi connectivity index (χ1) is 2.00. The van der Waals surface area contributed by atoms with E-state index in [1.807, 2.05) is 0 Å². The zero-order valence-electron chi connectivity index (χ0n) is 1.70. The topological polar surface area (TPSA) is 23.8 Å². The Kier molecular flexibility index (Phi) is 182. The van der Waals surface area contributed by atoms with Crippen LogP contribution in [0.3, 0.4) is 0 Å². The summed E-state index contributed by atoms with van der Waals surface area (Å²) in [6.07, 6.45) is 0. The van der Waals surface area contributed by atoms with Crippen molar-refractivity contribution in [3.8, 4) is 6.57 Å². The fourth-order valence-electron chi connectivity index (χ4n) is 0. The summed E-state index contributed by atoms with van der Waals surface area (Å²) in [7, 11) is 4.58. The molecule has 0 amide bonds. The summed E-state index contributed by atoms with van der Waals surface area (Å²) in [6, 6.07) is 0. The molecule has 0 spiro atoms. The first kappa shape index (κ1) is 8.82. The molecule has 0 N–H and O–H groups in total. The maximum absolute atomic E-state index is 6.50. The number of nitriles is 1. The summed E-state index contributed by atoms with van der Waals surface area (Å²) in [4.78, 5) is 0. The zero-order valence-corrected chi connectivity index (χ0v) is 4.63. The summed E-state index contributed by atoms with van der Waals surface area (Å²) in [5, 5.41) is 6.50. The second-order valence-corrected chi connectivity index (χ2v) is 0. The molecule has 0 aliphatic rings. The van der Waals surface area contributed by atoms with Gasteiger partial charge in [-0.25, -0.2) is 5.26 Å². The Labute approximate surface area is 41.3 Å². The Morgan fingerprint density at radius 2 is 1.50 bits per heavy atom. The number of hydrogen-bond acceptors (Lipinski definition) is 1. The third-order valence-corrected chi connectivity index (χ3v) is 0. The van der Waals surface area contributed by atoms with Gasteiger partial charge in [-0.1, -0.05) is 0 Å². The first-order valence-corrected chi connectivity index (χ1v) is 3.06. The van der Waals surface area contributed by atoms with Gasteiger partial charge in [-0.2, -0.15) is 0 Å². The quantitative estimate of drug-likeness (QED) is 0.591. The van der Waals surface area contributed by atoms with Crippen molar-refractivity contribution in [3.63, 3.8) is 0 Å². The molecule has 0 radical (unpaired) electrons. The first-order valence-electron chi connectivity index (χ1n) is 0.372. The van der Waals surface area contributed by atoms with Gasteiger partial charge in [0, 0.05) is 6.57 Å². The molecule has 0 aliphatic heterocycles. The third kappa shape index (κ3) is 21.5. The SMILES string of the molecule is C#N.[Cl][Au]. The van der Waals surface area contributed by atoms with Gasteiger partial charge in [-0.05, 0) is 0 Å². The van der Waals surface area contributed by atoms with Crippen LogP contribution in [0.2, 0.25) is 0 Å². The molecular formula is CHAuClN. The molecule has 0 rings (SSSR count). The fraction of sp³-hybridized carbons (Fsp3) is 0. The van der Waals surface area contributed by atoms with Crippen LogP contribution in [0.4, 0.5) is 0 Å². The molecule has 0 saturated carbocycles. The van der Waals surface area contributed by atoms with Crippen molar-refractivity contribution in [2.24, 2.45) is 0 Å². The number of rotatable bonds is 0. The molecule has 0 aromatic carbocycles. The van der Waals surface area contributed by atoms with E-state index in [2.05, 4.69) is 15.8 Å². The van der Waals surface area contributed by atoms with E-state index in [9.17, 15) is 0 Å². The Balaban J connectivity index is 0. The van der Waals surface area contributed by atoms with Crippen LogP contribution in [0.15, 0.2) is 0 Å². The summed E-state index contributed by atoms with van der Waals surface area (Å²) < 4.78 is 0. The van der Waals surface area contributed by atoms with Crippen molar-refractivity contribution in [1.82, 2.24) is 0 Å². The van der Waals surface area contributed by atoms with Crippen molar-refractivity contribution in [3.05, 3.63) is 0 Å². The number of nitrogens with zero attached hydrogens (tertiary/aromatic N) is 1. The van der Waals surface area contributed by atoms with Crippen LogP contribution in [-0.4, -0.2) is 0 Å². The molecule has 28 valence electrons. The molecule has 0 aromatic heterocycles. The van der Waals surface area contributed by atoms with Crippen LogP contribution >= 0.6 is 9.19 Å². The molecule has 0 bridgehead atoms. The van der Waals surface area contributed by atoms with E-state index in [1.54, 1.807) is 20.0 Å². The van der Waals surface area contributed by atoms with E-state index in [1.165, 1.54) is 0 Å². The monoisotopic (exact) mass is 259 g/mol. The van der Waals surface area contributed by atoms with Gasteiger partial charge in [0.1, 0.15) is 0 Å². The van der Waals surface area contributed by atoms with Gasteiger partial charge in [-0.3, -0.25) is 0 Å². The second-order valence-electron chi connectivity index (χ2n) is 0. The van der Waals surface area contributed by atoms with Gasteiger partial charge in [0.2, 0.25) is 0 Å². The van der Waals surface area contributed by atoms with Gasteiger partial charge in [0.25, 0.3) is 0 Å². The minimum absolute atomic E-state index is 1.75. The van der Waals surface area contributed by atoms with Gasteiger partial charge in [0.05, 0.1) is 0 Å². The molecule has 1 nitrogen and oxygen atoms in total. The molecule has 0 unspecified atom stereocenters. The third-order valence-electron chi connectivity index (χ3n) is 0. The van der Waals surface area contributed by atoms with Crippen molar-refractivity contribution in [2.45, 2.75) is 0 Å². The van der Waals surface area contributed by atoms with Crippen LogP contribution < -0.4 is 0 Å². The summed E-state index contributed by atoms with van der Waals surface area (Å²) in [6.45, 7) is 3.50. The normalized spacial score (nSPS) is 2.25. The summed E-state index contributed by atoms with van der Waals surface area (Å²) in [5.74, 6) is 0. The molecule has 0 fully saturated rings. The average Bonchev–Trinajstić information content (AvgIpc) is 1.50. The van der Waals surface area contributed by atoms with Crippen LogP contribution in [-0.2, 0) is 20.0 Å². The average molecular weight is 259 g/mol. The van der Waals surface area contributed by atoms with Crippen molar-refractivity contribution in [2.75, 3.05) is 0 Å². The van der Waals surface area contributed by atoms with Gasteiger partial charge < -0.3 is 0 Å². The molecule has 0 aliphatic carbocycles. The van der Waals surface area contributed by atoms with Crippen molar-refractivity contribution >= 4 is 9.19 Å². The van der Waals surface area contributed by atoms with Gasteiger partial charge in [-0.15, -0.1) is 0 Å². The van der Waals surface area contributed by atoms with Crippen LogP contribution in [0.5, 0.6) is 0 Å². The molecule has 3 heteroatoms. The van der Waals surface area contributed by atoms with Crippen molar-refractivity contribution < 1.29 is 20.0 Å². The second kappa shape index (κ2) is 82.6. The van der Waals surface area contributed by atoms with E-state index in [0.29, 0.717) is 0 Å². The van der Waals surface area contributed by atoms with Crippen LogP contribution in [0, 0.1) is 11.8 Å². The van der Waals surface area contributed by atoms with Crippen LogP contribution in [0.25, 0.3) is 0 Å². The molecule has 0 aromatic rings. The van der Waals surface area contributed by atoms with E-state index in [0.717, 1.165) is 0 Å². The predicted molar refractivity (Wildman–Crippen MR) is 12.5 cm³/mol. The van der Waals surface area contributed by atoms with Crippen molar-refractivity contribution in [1.29, 1.82) is 5.26 Å². The predicted octanol–water partition coefficient (Wildman–Crippen LogP) is 0.827. The summed E-state index contributed by atoms with van der Waals surface area (Å²) in [5.41, 5.74) is 0. The molecule has 0 atom stereocenters. The Morgan fingerprint density at radius 3 is 1.50 bits per heavy atom. The zero-order chi connectivity index (χ0) is 4.00. The molecular weight excluding hydrogens is 258 g/mol. The van der Waals surface area contributed by atoms with Crippen LogP contribution in [0.1, 0.15) is 0 Å². The summed E-state index contributed by atoms with van der Waals surface area (Å²) >= 11 is 1.75. The number of hydrogen-bond donors (Lipinski definition) is 0. The molecule has 0 saturated heterocycles. The maximum atomic E-state index is 6.50. The number of halogens is 1. The van der Waals surface area contributed by atoms with E-state index in [4.69, 9.17) is 5.26 Å². The van der Waals surface area contributed by atoms with E-state index in [-0.39, 0.29) is 0 Å². The Bertz CT molecular complexity index is 12.8. The minimum atomic E-state index is 1.75. The molecule has 0 heterocycles. The van der Waals surface area contributed by atoms with Gasteiger partial charge in [0.15, 0.2) is 0 Å². The molecule has 4 heavy (non-hydrogen) atoms. The Morgan fingerprint density at radius 1 is 1.50 bits per heavy atom. The Hall–Kier alpha value is 0.520. The van der Waals surface area contributed by atoms with Gasteiger partial charge >= 0.3 is 29.2 Å². The fourth-order valence-corrected chi connectivity index (χ4v) is 0. The van der Waals surface area contributed by atoms with E-state index >= 15 is 0 Å².